The summed E-state index contributed by atoms with van der Waals surface area (Å²) < 4.78 is 0. The van der Waals surface area contributed by atoms with E-state index in [2.05, 4.69) is 15.8 Å². The maximum absolute atomic E-state index is 12.6. The first-order chi connectivity index (χ1) is 10.3. The summed E-state index contributed by atoms with van der Waals surface area (Å²) in [5.74, 6) is 0.667. The number of rotatable bonds is 4. The van der Waals surface area contributed by atoms with Crippen molar-refractivity contribution in [1.29, 1.82) is 0 Å². The summed E-state index contributed by atoms with van der Waals surface area (Å²) in [6.45, 7) is 0.748. The Balaban J connectivity index is 1.55. The number of carbonyl (C=O) groups is 1. The average molecular weight is 288 g/mol. The second-order valence-electron chi connectivity index (χ2n) is 6.19. The van der Waals surface area contributed by atoms with Crippen molar-refractivity contribution in [2.24, 2.45) is 5.92 Å². The van der Waals surface area contributed by atoms with Crippen LogP contribution in [0.4, 0.5) is 0 Å². The minimum Gasteiger partial charge on any atom is -0.344 e. The van der Waals surface area contributed by atoms with Gasteiger partial charge in [-0.05, 0) is 37.0 Å². The molecule has 2 fully saturated rings. The molecule has 3 atom stereocenters. The largest absolute Gasteiger partial charge is 0.344 e. The molecule has 1 aliphatic carbocycles. The van der Waals surface area contributed by atoms with Gasteiger partial charge in [-0.2, -0.15) is 0 Å². The van der Waals surface area contributed by atoms with Crippen LogP contribution in [0.3, 0.4) is 0 Å². The van der Waals surface area contributed by atoms with Gasteiger partial charge in [0.25, 0.3) is 0 Å². The van der Waals surface area contributed by atoms with Crippen molar-refractivity contribution in [1.82, 2.24) is 20.7 Å². The minimum atomic E-state index is -0.0576. The van der Waals surface area contributed by atoms with E-state index in [1.165, 1.54) is 24.8 Å². The van der Waals surface area contributed by atoms with Crippen LogP contribution < -0.4 is 10.9 Å². The molecule has 1 aromatic rings. The van der Waals surface area contributed by atoms with Crippen LogP contribution in [0.25, 0.3) is 0 Å². The smallest absolute Gasteiger partial charge is 0.241 e. The summed E-state index contributed by atoms with van der Waals surface area (Å²) in [6, 6.07) is 4.43. The van der Waals surface area contributed by atoms with Gasteiger partial charge >= 0.3 is 0 Å². The van der Waals surface area contributed by atoms with Crippen LogP contribution >= 0.6 is 0 Å². The molecule has 21 heavy (non-hydrogen) atoms. The minimum absolute atomic E-state index is 0.0576. The summed E-state index contributed by atoms with van der Waals surface area (Å²) in [5, 5.41) is 0. The Bertz CT molecular complexity index is 478. The van der Waals surface area contributed by atoms with E-state index in [0.29, 0.717) is 12.0 Å². The van der Waals surface area contributed by atoms with Crippen molar-refractivity contribution in [3.63, 3.8) is 0 Å². The van der Waals surface area contributed by atoms with Gasteiger partial charge in [0.15, 0.2) is 0 Å². The lowest BCUT2D eigenvalue weighted by molar-refractivity contribution is -0.133. The second kappa shape index (κ2) is 6.54. The third kappa shape index (κ3) is 3.24. The first-order valence-electron chi connectivity index (χ1n) is 7.90. The van der Waals surface area contributed by atoms with E-state index in [0.717, 1.165) is 19.4 Å². The van der Waals surface area contributed by atoms with E-state index >= 15 is 0 Å². The predicted octanol–water partition coefficient (Wildman–Crippen LogP) is 1.12. The zero-order chi connectivity index (χ0) is 14.7. The van der Waals surface area contributed by atoms with Crippen LogP contribution in [0, 0.1) is 5.92 Å². The number of likely N-dealkylation sites (N-methyl/N-ethyl adjacent to an activating group) is 1. The van der Waals surface area contributed by atoms with E-state index in [1.54, 1.807) is 12.4 Å². The molecule has 2 aliphatic rings. The van der Waals surface area contributed by atoms with Gasteiger partial charge in [-0.1, -0.05) is 12.8 Å². The second-order valence-corrected chi connectivity index (χ2v) is 6.19. The number of amides is 1. The predicted molar refractivity (Wildman–Crippen MR) is 81.4 cm³/mol. The van der Waals surface area contributed by atoms with Crippen LogP contribution in [0.15, 0.2) is 24.5 Å². The molecule has 1 saturated carbocycles. The third-order valence-corrected chi connectivity index (χ3v) is 4.80. The Hall–Kier alpha value is -1.46. The highest BCUT2D eigenvalue weighted by Gasteiger charge is 2.41. The number of carbonyl (C=O) groups excluding carboxylic acids is 1. The van der Waals surface area contributed by atoms with Gasteiger partial charge in [0, 0.05) is 37.9 Å². The standard InChI is InChI=1S/C16H24N4O/c1-20(11-8-12-6-9-17-10-7-12)16(21)15-13-4-2-3-5-14(13)18-19-15/h6-7,9-10,13-15,18-19H,2-5,8,11H2,1H3. The summed E-state index contributed by atoms with van der Waals surface area (Å²) in [7, 11) is 1.90. The molecule has 2 N–H and O–H groups in total. The molecule has 0 bridgehead atoms. The number of hydrazine groups is 1. The summed E-state index contributed by atoms with van der Waals surface area (Å²) in [4.78, 5) is 18.5. The first-order valence-corrected chi connectivity index (χ1v) is 7.90. The Labute approximate surface area is 126 Å². The molecule has 1 saturated heterocycles. The number of pyridine rings is 1. The number of hydrogen-bond donors (Lipinski definition) is 2. The zero-order valence-corrected chi connectivity index (χ0v) is 12.6. The highest BCUT2D eigenvalue weighted by atomic mass is 16.2. The quantitative estimate of drug-likeness (QED) is 0.872. The fourth-order valence-corrected chi connectivity index (χ4v) is 3.48. The molecule has 0 radical (unpaired) electrons. The summed E-state index contributed by atoms with van der Waals surface area (Å²) in [5.41, 5.74) is 7.76. The van der Waals surface area contributed by atoms with Crippen molar-refractivity contribution in [3.8, 4) is 0 Å². The van der Waals surface area contributed by atoms with Gasteiger partial charge in [-0.25, -0.2) is 5.43 Å². The molecule has 0 spiro atoms. The lowest BCUT2D eigenvalue weighted by atomic mass is 9.81. The molecule has 1 aliphatic heterocycles. The summed E-state index contributed by atoms with van der Waals surface area (Å²) >= 11 is 0. The monoisotopic (exact) mass is 288 g/mol. The van der Waals surface area contributed by atoms with Gasteiger partial charge < -0.3 is 4.90 Å². The Kier molecular flexibility index (Phi) is 4.51. The molecule has 5 nitrogen and oxygen atoms in total. The first kappa shape index (κ1) is 14.5. The highest BCUT2D eigenvalue weighted by Crippen LogP contribution is 2.30. The van der Waals surface area contributed by atoms with Gasteiger partial charge in [0.1, 0.15) is 6.04 Å². The van der Waals surface area contributed by atoms with Crippen molar-refractivity contribution in [3.05, 3.63) is 30.1 Å². The maximum Gasteiger partial charge on any atom is 0.241 e. The van der Waals surface area contributed by atoms with Crippen LogP contribution in [0.1, 0.15) is 31.2 Å². The molecule has 2 heterocycles. The molecule has 5 heteroatoms. The van der Waals surface area contributed by atoms with Gasteiger partial charge in [-0.3, -0.25) is 15.2 Å². The highest BCUT2D eigenvalue weighted by molar-refractivity contribution is 5.82. The molecule has 114 valence electrons. The lowest BCUT2D eigenvalue weighted by Crippen LogP contribution is -2.47. The molecule has 3 rings (SSSR count). The molecular formula is C16H24N4O. The van der Waals surface area contributed by atoms with Crippen molar-refractivity contribution >= 4 is 5.91 Å². The van der Waals surface area contributed by atoms with Crippen molar-refractivity contribution in [2.75, 3.05) is 13.6 Å². The van der Waals surface area contributed by atoms with Crippen LogP contribution in [-0.2, 0) is 11.2 Å². The maximum atomic E-state index is 12.6. The lowest BCUT2D eigenvalue weighted by Gasteiger charge is -2.29. The van der Waals surface area contributed by atoms with Crippen molar-refractivity contribution in [2.45, 2.75) is 44.2 Å². The van der Waals surface area contributed by atoms with E-state index < -0.39 is 0 Å². The van der Waals surface area contributed by atoms with Crippen LogP contribution in [0.2, 0.25) is 0 Å². The number of hydrogen-bond acceptors (Lipinski definition) is 4. The molecule has 1 amide bonds. The fraction of sp³-hybridized carbons (Fsp3) is 0.625. The average Bonchev–Trinajstić information content (AvgIpc) is 2.97. The van der Waals surface area contributed by atoms with E-state index in [4.69, 9.17) is 0 Å². The van der Waals surface area contributed by atoms with Crippen molar-refractivity contribution < 1.29 is 4.79 Å². The number of nitrogens with zero attached hydrogens (tertiary/aromatic N) is 2. The van der Waals surface area contributed by atoms with E-state index in [-0.39, 0.29) is 11.9 Å². The van der Waals surface area contributed by atoms with Gasteiger partial charge in [-0.15, -0.1) is 0 Å². The van der Waals surface area contributed by atoms with Crippen LogP contribution in [-0.4, -0.2) is 41.5 Å². The molecular weight excluding hydrogens is 264 g/mol. The molecule has 3 unspecified atom stereocenters. The Morgan fingerprint density at radius 2 is 2.05 bits per heavy atom. The topological polar surface area (TPSA) is 57.3 Å². The number of aromatic nitrogens is 1. The van der Waals surface area contributed by atoms with E-state index in [9.17, 15) is 4.79 Å². The number of nitrogens with one attached hydrogen (secondary N) is 2. The molecule has 0 aromatic carbocycles. The third-order valence-electron chi connectivity index (χ3n) is 4.80. The number of fused-ring (bicyclic) bond motifs is 1. The fourth-order valence-electron chi connectivity index (χ4n) is 3.48. The van der Waals surface area contributed by atoms with E-state index in [1.807, 2.05) is 24.1 Å². The normalized spacial score (nSPS) is 28.1. The summed E-state index contributed by atoms with van der Waals surface area (Å²) in [6.07, 6.45) is 9.32. The zero-order valence-electron chi connectivity index (χ0n) is 12.6. The van der Waals surface area contributed by atoms with Gasteiger partial charge in [0.05, 0.1) is 0 Å². The molecule has 1 aromatic heterocycles. The SMILES string of the molecule is CN(CCc1ccncc1)C(=O)C1NNC2CCCCC21. The Morgan fingerprint density at radius 3 is 2.86 bits per heavy atom. The Morgan fingerprint density at radius 1 is 1.29 bits per heavy atom. The van der Waals surface area contributed by atoms with Crippen LogP contribution in [0.5, 0.6) is 0 Å². The van der Waals surface area contributed by atoms with Gasteiger partial charge in [0.2, 0.25) is 5.91 Å².